The lowest BCUT2D eigenvalue weighted by atomic mass is 9.87. The van der Waals surface area contributed by atoms with Crippen molar-refractivity contribution in [1.29, 1.82) is 0 Å². The molecular formula is C19H31NO2. The van der Waals surface area contributed by atoms with E-state index in [-0.39, 0.29) is 11.3 Å². The van der Waals surface area contributed by atoms with Crippen LogP contribution in [0.5, 0.6) is 0 Å². The number of hydrogen-bond donors (Lipinski definition) is 0. The van der Waals surface area contributed by atoms with Gasteiger partial charge in [0.05, 0.1) is 0 Å². The molecule has 0 heterocycles. The summed E-state index contributed by atoms with van der Waals surface area (Å²) in [6.45, 7) is 12.8. The van der Waals surface area contributed by atoms with Gasteiger partial charge in [0.2, 0.25) is 5.91 Å². The number of amides is 1. The van der Waals surface area contributed by atoms with Crippen LogP contribution in [0.25, 0.3) is 0 Å². The van der Waals surface area contributed by atoms with Gasteiger partial charge in [-0.2, -0.15) is 0 Å². The molecule has 22 heavy (non-hydrogen) atoms. The maximum absolute atomic E-state index is 12.2. The minimum atomic E-state index is 0.135. The third-order valence-electron chi connectivity index (χ3n) is 3.77. The molecule has 0 saturated carbocycles. The van der Waals surface area contributed by atoms with Crippen molar-refractivity contribution in [2.24, 2.45) is 0 Å². The first-order chi connectivity index (χ1) is 10.4. The number of hydrogen-bond acceptors (Lipinski definition) is 2. The Hall–Kier alpha value is -1.35. The van der Waals surface area contributed by atoms with E-state index in [2.05, 4.69) is 45.0 Å². The summed E-state index contributed by atoms with van der Waals surface area (Å²) in [5, 5.41) is 0. The summed E-state index contributed by atoms with van der Waals surface area (Å²) in [6, 6.07) is 8.39. The minimum Gasteiger partial charge on any atom is -0.382 e. The van der Waals surface area contributed by atoms with Gasteiger partial charge in [0.15, 0.2) is 0 Å². The Morgan fingerprint density at radius 1 is 1.09 bits per heavy atom. The van der Waals surface area contributed by atoms with E-state index in [0.717, 1.165) is 38.3 Å². The van der Waals surface area contributed by atoms with Crippen LogP contribution in [0.3, 0.4) is 0 Å². The van der Waals surface area contributed by atoms with Gasteiger partial charge in [-0.05, 0) is 42.9 Å². The summed E-state index contributed by atoms with van der Waals surface area (Å²) >= 11 is 0. The predicted molar refractivity (Wildman–Crippen MR) is 93.5 cm³/mol. The van der Waals surface area contributed by atoms with E-state index in [4.69, 9.17) is 4.74 Å². The van der Waals surface area contributed by atoms with Gasteiger partial charge in [-0.3, -0.25) is 4.79 Å². The molecule has 0 spiro atoms. The standard InChI is InChI=1S/C19H31NO2/c1-6-18(21)20(14-8-9-15-22-7-2)17-12-10-16(11-13-17)19(3,4)5/h10-13H,6-9,14-15H2,1-5H3. The Morgan fingerprint density at radius 2 is 1.73 bits per heavy atom. The molecule has 1 amide bonds. The molecular weight excluding hydrogens is 274 g/mol. The number of carbonyl (C=O) groups excluding carboxylic acids is 1. The van der Waals surface area contributed by atoms with Crippen molar-refractivity contribution < 1.29 is 9.53 Å². The van der Waals surface area contributed by atoms with Crippen LogP contribution in [0.15, 0.2) is 24.3 Å². The molecule has 0 unspecified atom stereocenters. The second-order valence-corrected chi connectivity index (χ2v) is 6.60. The number of benzene rings is 1. The maximum Gasteiger partial charge on any atom is 0.226 e. The molecule has 0 saturated heterocycles. The molecule has 1 aromatic rings. The van der Waals surface area contributed by atoms with E-state index < -0.39 is 0 Å². The molecule has 3 nitrogen and oxygen atoms in total. The Balaban J connectivity index is 2.73. The molecule has 0 N–H and O–H groups in total. The molecule has 1 rings (SSSR count). The molecule has 0 aliphatic carbocycles. The molecule has 0 aliphatic heterocycles. The lowest BCUT2D eigenvalue weighted by Crippen LogP contribution is -2.31. The van der Waals surface area contributed by atoms with Gasteiger partial charge >= 0.3 is 0 Å². The number of carbonyl (C=O) groups is 1. The highest BCUT2D eigenvalue weighted by molar-refractivity contribution is 5.93. The first kappa shape index (κ1) is 18.7. The van der Waals surface area contributed by atoms with Crippen LogP contribution in [0, 0.1) is 0 Å². The Bertz CT molecular complexity index is 445. The normalized spacial score (nSPS) is 11.5. The summed E-state index contributed by atoms with van der Waals surface area (Å²) < 4.78 is 5.36. The van der Waals surface area contributed by atoms with Crippen LogP contribution in [0.2, 0.25) is 0 Å². The molecule has 0 atom stereocenters. The zero-order valence-electron chi connectivity index (χ0n) is 14.8. The van der Waals surface area contributed by atoms with E-state index in [1.807, 2.05) is 18.7 Å². The minimum absolute atomic E-state index is 0.135. The summed E-state index contributed by atoms with van der Waals surface area (Å²) in [4.78, 5) is 14.1. The summed E-state index contributed by atoms with van der Waals surface area (Å²) in [7, 11) is 0. The quantitative estimate of drug-likeness (QED) is 0.660. The van der Waals surface area contributed by atoms with Crippen LogP contribution in [0.1, 0.15) is 59.4 Å². The monoisotopic (exact) mass is 305 g/mol. The first-order valence-corrected chi connectivity index (χ1v) is 8.38. The number of nitrogens with zero attached hydrogens (tertiary/aromatic N) is 1. The highest BCUT2D eigenvalue weighted by atomic mass is 16.5. The van der Waals surface area contributed by atoms with Crippen molar-refractivity contribution in [2.75, 3.05) is 24.7 Å². The predicted octanol–water partition coefficient (Wildman–Crippen LogP) is 4.54. The van der Waals surface area contributed by atoms with E-state index >= 15 is 0 Å². The SMILES string of the molecule is CCOCCCCN(C(=O)CC)c1ccc(C(C)(C)C)cc1. The molecule has 0 aromatic heterocycles. The highest BCUT2D eigenvalue weighted by Crippen LogP contribution is 2.25. The second kappa shape index (κ2) is 8.94. The molecule has 0 aliphatic rings. The first-order valence-electron chi connectivity index (χ1n) is 8.38. The van der Waals surface area contributed by atoms with Crippen molar-refractivity contribution in [3.05, 3.63) is 29.8 Å². The van der Waals surface area contributed by atoms with Gasteiger partial charge < -0.3 is 9.64 Å². The summed E-state index contributed by atoms with van der Waals surface area (Å²) in [5.41, 5.74) is 2.42. The van der Waals surface area contributed by atoms with Gasteiger partial charge in [-0.1, -0.05) is 39.8 Å². The highest BCUT2D eigenvalue weighted by Gasteiger charge is 2.16. The molecule has 0 bridgehead atoms. The Morgan fingerprint density at radius 3 is 2.23 bits per heavy atom. The molecule has 124 valence electrons. The average molecular weight is 305 g/mol. The molecule has 0 radical (unpaired) electrons. The topological polar surface area (TPSA) is 29.5 Å². The zero-order chi connectivity index (χ0) is 16.6. The van der Waals surface area contributed by atoms with Crippen molar-refractivity contribution in [3.63, 3.8) is 0 Å². The van der Waals surface area contributed by atoms with Gasteiger partial charge in [0, 0.05) is 31.9 Å². The van der Waals surface area contributed by atoms with Crippen molar-refractivity contribution in [2.45, 2.75) is 59.3 Å². The number of anilines is 1. The van der Waals surface area contributed by atoms with Gasteiger partial charge in [-0.15, -0.1) is 0 Å². The smallest absolute Gasteiger partial charge is 0.226 e. The van der Waals surface area contributed by atoms with Gasteiger partial charge in [0.25, 0.3) is 0 Å². The maximum atomic E-state index is 12.2. The summed E-state index contributed by atoms with van der Waals surface area (Å²) in [5.74, 6) is 0.180. The molecule has 1 aromatic carbocycles. The fourth-order valence-corrected chi connectivity index (χ4v) is 2.35. The third kappa shape index (κ3) is 5.80. The van der Waals surface area contributed by atoms with Gasteiger partial charge in [-0.25, -0.2) is 0 Å². The van der Waals surface area contributed by atoms with Crippen molar-refractivity contribution >= 4 is 11.6 Å². The van der Waals surface area contributed by atoms with E-state index in [1.165, 1.54) is 5.56 Å². The fraction of sp³-hybridized carbons (Fsp3) is 0.632. The summed E-state index contributed by atoms with van der Waals surface area (Å²) in [6.07, 6.45) is 2.49. The largest absolute Gasteiger partial charge is 0.382 e. The van der Waals surface area contributed by atoms with Gasteiger partial charge in [0.1, 0.15) is 0 Å². The fourth-order valence-electron chi connectivity index (χ4n) is 2.35. The second-order valence-electron chi connectivity index (χ2n) is 6.60. The number of unbranched alkanes of at least 4 members (excludes halogenated alkanes) is 1. The number of ether oxygens (including phenoxy) is 1. The van der Waals surface area contributed by atoms with Crippen LogP contribution in [-0.4, -0.2) is 25.7 Å². The lowest BCUT2D eigenvalue weighted by Gasteiger charge is -2.24. The average Bonchev–Trinajstić information content (AvgIpc) is 2.49. The van der Waals surface area contributed by atoms with E-state index in [0.29, 0.717) is 6.42 Å². The van der Waals surface area contributed by atoms with Crippen LogP contribution >= 0.6 is 0 Å². The van der Waals surface area contributed by atoms with E-state index in [9.17, 15) is 4.79 Å². The van der Waals surface area contributed by atoms with Crippen molar-refractivity contribution in [3.8, 4) is 0 Å². The van der Waals surface area contributed by atoms with Crippen LogP contribution in [0.4, 0.5) is 5.69 Å². The zero-order valence-corrected chi connectivity index (χ0v) is 14.8. The lowest BCUT2D eigenvalue weighted by molar-refractivity contribution is -0.118. The van der Waals surface area contributed by atoms with Crippen LogP contribution < -0.4 is 4.90 Å². The molecule has 0 fully saturated rings. The van der Waals surface area contributed by atoms with E-state index in [1.54, 1.807) is 0 Å². The molecule has 3 heteroatoms. The Kier molecular flexibility index (Phi) is 7.60. The Labute approximate surface area is 135 Å². The number of rotatable bonds is 8. The van der Waals surface area contributed by atoms with Crippen molar-refractivity contribution in [1.82, 2.24) is 0 Å². The third-order valence-corrected chi connectivity index (χ3v) is 3.77. The van der Waals surface area contributed by atoms with Crippen LogP contribution in [-0.2, 0) is 14.9 Å².